The van der Waals surface area contributed by atoms with Crippen LogP contribution >= 0.6 is 0 Å². The molecule has 3 unspecified atom stereocenters. The quantitative estimate of drug-likeness (QED) is 0.736. The summed E-state index contributed by atoms with van der Waals surface area (Å²) in [6, 6.07) is 12.8. The van der Waals surface area contributed by atoms with Crippen LogP contribution in [0.2, 0.25) is 0 Å². The van der Waals surface area contributed by atoms with E-state index in [4.69, 9.17) is 5.73 Å². The van der Waals surface area contributed by atoms with Crippen molar-refractivity contribution < 1.29 is 14.6 Å². The van der Waals surface area contributed by atoms with E-state index in [1.165, 1.54) is 12.1 Å². The van der Waals surface area contributed by atoms with Crippen LogP contribution in [0.1, 0.15) is 11.6 Å². The van der Waals surface area contributed by atoms with E-state index in [1.54, 1.807) is 24.3 Å². The first-order chi connectivity index (χ1) is 10.1. The van der Waals surface area contributed by atoms with Crippen molar-refractivity contribution in [3.05, 3.63) is 59.9 Å². The monoisotopic (exact) mass is 288 g/mol. The number of hydrogen-bond donors (Lipinski definition) is 3. The van der Waals surface area contributed by atoms with E-state index in [0.29, 0.717) is 12.2 Å². The molecule has 110 valence electrons. The minimum Gasteiger partial charge on any atom is -0.399 e. The van der Waals surface area contributed by atoms with Gasteiger partial charge in [-0.05, 0) is 42.0 Å². The van der Waals surface area contributed by atoms with Crippen molar-refractivity contribution in [2.24, 2.45) is 0 Å². The molecule has 0 aliphatic carbocycles. The lowest BCUT2D eigenvalue weighted by Crippen LogP contribution is -2.27. The van der Waals surface area contributed by atoms with E-state index < -0.39 is 12.2 Å². The van der Waals surface area contributed by atoms with Crippen LogP contribution in [0.5, 0.6) is 0 Å². The van der Waals surface area contributed by atoms with Gasteiger partial charge in [0.15, 0.2) is 0 Å². The SMILES string of the molecule is Nc1ccc(C2C(O)C(O)CN2c2ccc(F)cc2)cc1. The van der Waals surface area contributed by atoms with Gasteiger partial charge in [-0.2, -0.15) is 0 Å². The number of β-amino-alcohol motifs (C(OH)–C–C–N with tert-alkyl or cyclic N) is 1. The number of hydrogen-bond acceptors (Lipinski definition) is 4. The van der Waals surface area contributed by atoms with Gasteiger partial charge in [0.2, 0.25) is 0 Å². The zero-order valence-electron chi connectivity index (χ0n) is 11.4. The largest absolute Gasteiger partial charge is 0.399 e. The molecule has 0 saturated carbocycles. The topological polar surface area (TPSA) is 69.7 Å². The molecule has 3 atom stereocenters. The lowest BCUT2D eigenvalue weighted by Gasteiger charge is -2.28. The second kappa shape index (κ2) is 5.35. The van der Waals surface area contributed by atoms with Gasteiger partial charge < -0.3 is 20.8 Å². The van der Waals surface area contributed by atoms with Crippen LogP contribution in [0.15, 0.2) is 48.5 Å². The molecule has 0 spiro atoms. The third-order valence-electron chi connectivity index (χ3n) is 3.87. The molecule has 0 radical (unpaired) electrons. The zero-order chi connectivity index (χ0) is 15.0. The standard InChI is InChI=1S/C16H17FN2O2/c17-11-3-7-13(8-4-11)19-9-14(20)16(21)15(19)10-1-5-12(18)6-2-10/h1-8,14-16,20-21H,9,18H2. The predicted octanol–water partition coefficient (Wildman–Crippen LogP) is 1.69. The molecule has 1 saturated heterocycles. The number of rotatable bonds is 2. The summed E-state index contributed by atoms with van der Waals surface area (Å²) >= 11 is 0. The highest BCUT2D eigenvalue weighted by atomic mass is 19.1. The van der Waals surface area contributed by atoms with Crippen molar-refractivity contribution in [3.8, 4) is 0 Å². The van der Waals surface area contributed by atoms with E-state index in [2.05, 4.69) is 0 Å². The van der Waals surface area contributed by atoms with Gasteiger partial charge in [0, 0.05) is 17.9 Å². The van der Waals surface area contributed by atoms with Crippen molar-refractivity contribution in [2.75, 3.05) is 17.2 Å². The summed E-state index contributed by atoms with van der Waals surface area (Å²) in [5.74, 6) is -0.317. The highest BCUT2D eigenvalue weighted by Crippen LogP contribution is 2.36. The molecule has 1 aliphatic rings. The van der Waals surface area contributed by atoms with E-state index in [1.807, 2.05) is 17.0 Å². The van der Waals surface area contributed by atoms with Gasteiger partial charge in [-0.1, -0.05) is 12.1 Å². The van der Waals surface area contributed by atoms with Gasteiger partial charge in [-0.15, -0.1) is 0 Å². The molecule has 4 nitrogen and oxygen atoms in total. The van der Waals surface area contributed by atoms with Crippen LogP contribution in [0.3, 0.4) is 0 Å². The maximum absolute atomic E-state index is 13.1. The Hall–Kier alpha value is -2.11. The number of aliphatic hydroxyl groups is 2. The van der Waals surface area contributed by atoms with Crippen molar-refractivity contribution in [2.45, 2.75) is 18.2 Å². The minimum atomic E-state index is -0.904. The Bertz CT molecular complexity index is 615. The fourth-order valence-corrected chi connectivity index (χ4v) is 2.79. The number of halogens is 1. The number of anilines is 2. The van der Waals surface area contributed by atoms with Crippen molar-refractivity contribution in [1.82, 2.24) is 0 Å². The Balaban J connectivity index is 1.98. The summed E-state index contributed by atoms with van der Waals surface area (Å²) in [6.07, 6.45) is -1.75. The fourth-order valence-electron chi connectivity index (χ4n) is 2.79. The van der Waals surface area contributed by atoms with Gasteiger partial charge >= 0.3 is 0 Å². The Morgan fingerprint density at radius 3 is 2.24 bits per heavy atom. The first-order valence-electron chi connectivity index (χ1n) is 6.80. The first kappa shape index (κ1) is 13.9. The summed E-state index contributed by atoms with van der Waals surface area (Å²) in [6.45, 7) is 0.293. The van der Waals surface area contributed by atoms with E-state index in [9.17, 15) is 14.6 Å². The second-order valence-corrected chi connectivity index (χ2v) is 5.30. The Labute approximate surface area is 122 Å². The smallest absolute Gasteiger partial charge is 0.123 e. The Morgan fingerprint density at radius 1 is 1.00 bits per heavy atom. The minimum absolute atomic E-state index is 0.293. The molecular formula is C16H17FN2O2. The summed E-state index contributed by atoms with van der Waals surface area (Å²) in [7, 11) is 0. The van der Waals surface area contributed by atoms with Crippen LogP contribution < -0.4 is 10.6 Å². The lowest BCUT2D eigenvalue weighted by molar-refractivity contribution is 0.0408. The zero-order valence-corrected chi connectivity index (χ0v) is 11.4. The summed E-state index contributed by atoms with van der Waals surface area (Å²) in [5.41, 5.74) is 7.94. The van der Waals surface area contributed by atoms with Crippen LogP contribution in [-0.2, 0) is 0 Å². The molecule has 0 aromatic heterocycles. The van der Waals surface area contributed by atoms with E-state index in [0.717, 1.165) is 11.3 Å². The molecule has 2 aromatic rings. The van der Waals surface area contributed by atoms with Crippen LogP contribution in [0, 0.1) is 5.82 Å². The molecular weight excluding hydrogens is 271 g/mol. The number of nitrogen functional groups attached to an aromatic ring is 1. The van der Waals surface area contributed by atoms with E-state index in [-0.39, 0.29) is 11.9 Å². The molecule has 0 amide bonds. The van der Waals surface area contributed by atoms with Crippen LogP contribution in [0.4, 0.5) is 15.8 Å². The molecule has 1 fully saturated rings. The lowest BCUT2D eigenvalue weighted by atomic mass is 10.0. The number of aliphatic hydroxyl groups excluding tert-OH is 2. The van der Waals surface area contributed by atoms with E-state index >= 15 is 0 Å². The Kier molecular flexibility index (Phi) is 3.53. The second-order valence-electron chi connectivity index (χ2n) is 5.30. The highest BCUT2D eigenvalue weighted by Gasteiger charge is 2.40. The molecule has 1 heterocycles. The molecule has 5 heteroatoms. The van der Waals surface area contributed by atoms with Crippen LogP contribution in [0.25, 0.3) is 0 Å². The third-order valence-corrected chi connectivity index (χ3v) is 3.87. The molecule has 4 N–H and O–H groups in total. The normalized spacial score (nSPS) is 25.3. The van der Waals surface area contributed by atoms with Gasteiger partial charge in [0.05, 0.1) is 12.1 Å². The average molecular weight is 288 g/mol. The van der Waals surface area contributed by atoms with Gasteiger partial charge in [0.25, 0.3) is 0 Å². The Morgan fingerprint density at radius 2 is 1.62 bits per heavy atom. The highest BCUT2D eigenvalue weighted by molar-refractivity contribution is 5.52. The molecule has 21 heavy (non-hydrogen) atoms. The molecule has 2 aromatic carbocycles. The van der Waals surface area contributed by atoms with Gasteiger partial charge in [0.1, 0.15) is 11.9 Å². The number of benzene rings is 2. The predicted molar refractivity (Wildman–Crippen MR) is 79.4 cm³/mol. The maximum atomic E-state index is 13.1. The van der Waals surface area contributed by atoms with Gasteiger partial charge in [-0.25, -0.2) is 4.39 Å². The average Bonchev–Trinajstić information content (AvgIpc) is 2.77. The molecule has 3 rings (SSSR count). The van der Waals surface area contributed by atoms with Crippen LogP contribution in [-0.4, -0.2) is 29.0 Å². The third kappa shape index (κ3) is 2.57. The van der Waals surface area contributed by atoms with Crippen molar-refractivity contribution >= 4 is 11.4 Å². The summed E-state index contributed by atoms with van der Waals surface area (Å²) < 4.78 is 13.1. The number of nitrogens with zero attached hydrogens (tertiary/aromatic N) is 1. The maximum Gasteiger partial charge on any atom is 0.123 e. The van der Waals surface area contributed by atoms with Crippen molar-refractivity contribution in [3.63, 3.8) is 0 Å². The fraction of sp³-hybridized carbons (Fsp3) is 0.250. The van der Waals surface area contributed by atoms with Gasteiger partial charge in [-0.3, -0.25) is 0 Å². The first-order valence-corrected chi connectivity index (χ1v) is 6.80. The molecule has 1 aliphatic heterocycles. The number of nitrogens with two attached hydrogens (primary N) is 1. The van der Waals surface area contributed by atoms with Crippen molar-refractivity contribution in [1.29, 1.82) is 0 Å². The summed E-state index contributed by atoms with van der Waals surface area (Å²) in [5, 5.41) is 20.2. The molecule has 0 bridgehead atoms. The summed E-state index contributed by atoms with van der Waals surface area (Å²) in [4.78, 5) is 1.88.